The van der Waals surface area contributed by atoms with Crippen molar-refractivity contribution in [1.29, 1.82) is 0 Å². The molecule has 0 aromatic carbocycles. The van der Waals surface area contributed by atoms with Crippen molar-refractivity contribution >= 4 is 5.78 Å². The molecule has 2 nitrogen and oxygen atoms in total. The average molecular weight is 212 g/mol. The molecule has 0 spiro atoms. The fourth-order valence-electron chi connectivity index (χ4n) is 2.77. The molecule has 2 heteroatoms. The predicted molar refractivity (Wildman–Crippen MR) is 61.9 cm³/mol. The van der Waals surface area contributed by atoms with Crippen LogP contribution in [0.3, 0.4) is 0 Å². The summed E-state index contributed by atoms with van der Waals surface area (Å²) in [5.74, 6) is 0.655. The minimum atomic E-state index is 0.0210. The minimum Gasteiger partial charge on any atom is -0.385 e. The summed E-state index contributed by atoms with van der Waals surface area (Å²) in [4.78, 5) is 12.3. The Morgan fingerprint density at radius 1 is 1.40 bits per heavy atom. The van der Waals surface area contributed by atoms with Crippen molar-refractivity contribution in [2.24, 2.45) is 11.3 Å². The molecule has 0 aromatic heterocycles. The molecule has 0 aromatic rings. The molecule has 1 aliphatic rings. The van der Waals surface area contributed by atoms with Gasteiger partial charge in [-0.05, 0) is 25.7 Å². The Kier molecular flexibility index (Phi) is 4.78. The molecule has 1 rings (SSSR count). The smallest absolute Gasteiger partial charge is 0.141 e. The standard InChI is InChI=1S/C13H24O2/c1-4-13(8-5-6-9-13)12(14)11(2)7-10-15-3/h11H,4-10H2,1-3H3. The van der Waals surface area contributed by atoms with Gasteiger partial charge in [0.15, 0.2) is 0 Å². The predicted octanol–water partition coefficient (Wildman–Crippen LogP) is 3.20. The molecule has 88 valence electrons. The Morgan fingerprint density at radius 2 is 2.00 bits per heavy atom. The van der Waals surface area contributed by atoms with E-state index in [0.29, 0.717) is 12.4 Å². The summed E-state index contributed by atoms with van der Waals surface area (Å²) in [7, 11) is 1.70. The average Bonchev–Trinajstić information content (AvgIpc) is 2.74. The molecule has 0 radical (unpaired) electrons. The monoisotopic (exact) mass is 212 g/mol. The van der Waals surface area contributed by atoms with Crippen molar-refractivity contribution in [3.05, 3.63) is 0 Å². The van der Waals surface area contributed by atoms with Gasteiger partial charge in [0, 0.05) is 25.0 Å². The van der Waals surface area contributed by atoms with Gasteiger partial charge in [0.05, 0.1) is 0 Å². The van der Waals surface area contributed by atoms with Crippen LogP contribution in [0.5, 0.6) is 0 Å². The summed E-state index contributed by atoms with van der Waals surface area (Å²) in [6.45, 7) is 4.91. The van der Waals surface area contributed by atoms with E-state index in [1.807, 2.05) is 0 Å². The molecule has 1 atom stereocenters. The zero-order chi connectivity index (χ0) is 11.3. The first-order valence-electron chi connectivity index (χ1n) is 6.19. The molecule has 1 aliphatic carbocycles. The van der Waals surface area contributed by atoms with Gasteiger partial charge in [0.2, 0.25) is 0 Å². The van der Waals surface area contributed by atoms with Gasteiger partial charge in [-0.15, -0.1) is 0 Å². The Morgan fingerprint density at radius 3 is 2.47 bits per heavy atom. The van der Waals surface area contributed by atoms with E-state index >= 15 is 0 Å². The lowest BCUT2D eigenvalue weighted by Gasteiger charge is -2.29. The number of hydrogen-bond acceptors (Lipinski definition) is 2. The van der Waals surface area contributed by atoms with Crippen LogP contribution in [0.2, 0.25) is 0 Å². The quantitative estimate of drug-likeness (QED) is 0.676. The number of rotatable bonds is 6. The molecule has 0 N–H and O–H groups in total. The number of carbonyl (C=O) groups excluding carboxylic acids is 1. The van der Waals surface area contributed by atoms with Crippen LogP contribution in [0.15, 0.2) is 0 Å². The molecule has 1 saturated carbocycles. The third-order valence-corrected chi connectivity index (χ3v) is 3.96. The first-order chi connectivity index (χ1) is 7.16. The second kappa shape index (κ2) is 5.64. The zero-order valence-corrected chi connectivity index (χ0v) is 10.3. The first-order valence-corrected chi connectivity index (χ1v) is 6.19. The third kappa shape index (κ3) is 2.81. The maximum absolute atomic E-state index is 12.3. The highest BCUT2D eigenvalue weighted by Gasteiger charge is 2.40. The van der Waals surface area contributed by atoms with Crippen molar-refractivity contribution in [2.75, 3.05) is 13.7 Å². The van der Waals surface area contributed by atoms with E-state index in [2.05, 4.69) is 13.8 Å². The number of carbonyl (C=O) groups is 1. The second-order valence-corrected chi connectivity index (χ2v) is 4.89. The highest BCUT2D eigenvalue weighted by atomic mass is 16.5. The van der Waals surface area contributed by atoms with Crippen LogP contribution >= 0.6 is 0 Å². The van der Waals surface area contributed by atoms with Gasteiger partial charge < -0.3 is 4.74 Å². The molecule has 0 aliphatic heterocycles. The fourth-order valence-corrected chi connectivity index (χ4v) is 2.77. The zero-order valence-electron chi connectivity index (χ0n) is 10.3. The lowest BCUT2D eigenvalue weighted by molar-refractivity contribution is -0.133. The summed E-state index contributed by atoms with van der Waals surface area (Å²) in [5, 5.41) is 0. The van der Waals surface area contributed by atoms with E-state index in [-0.39, 0.29) is 11.3 Å². The molecule has 15 heavy (non-hydrogen) atoms. The van der Waals surface area contributed by atoms with Crippen molar-refractivity contribution < 1.29 is 9.53 Å². The van der Waals surface area contributed by atoms with Crippen molar-refractivity contribution in [3.8, 4) is 0 Å². The normalized spacial score (nSPS) is 21.5. The van der Waals surface area contributed by atoms with E-state index in [0.717, 1.165) is 25.7 Å². The fraction of sp³-hybridized carbons (Fsp3) is 0.923. The number of methoxy groups -OCH3 is 1. The van der Waals surface area contributed by atoms with Gasteiger partial charge in [-0.2, -0.15) is 0 Å². The molecule has 0 amide bonds. The summed E-state index contributed by atoms with van der Waals surface area (Å²) in [5.41, 5.74) is 0.0210. The maximum Gasteiger partial charge on any atom is 0.141 e. The molecule has 0 bridgehead atoms. The van der Waals surface area contributed by atoms with Gasteiger partial charge in [-0.1, -0.05) is 26.7 Å². The van der Waals surface area contributed by atoms with Gasteiger partial charge >= 0.3 is 0 Å². The van der Waals surface area contributed by atoms with Gasteiger partial charge in [-0.25, -0.2) is 0 Å². The Hall–Kier alpha value is -0.370. The Bertz CT molecular complexity index is 205. The van der Waals surface area contributed by atoms with E-state index < -0.39 is 0 Å². The highest BCUT2D eigenvalue weighted by molar-refractivity contribution is 5.87. The first kappa shape index (κ1) is 12.7. The van der Waals surface area contributed by atoms with E-state index in [9.17, 15) is 4.79 Å². The van der Waals surface area contributed by atoms with Crippen molar-refractivity contribution in [3.63, 3.8) is 0 Å². The van der Waals surface area contributed by atoms with Gasteiger partial charge in [0.1, 0.15) is 5.78 Å². The van der Waals surface area contributed by atoms with Crippen LogP contribution in [0.25, 0.3) is 0 Å². The molecule has 0 saturated heterocycles. The molecule has 1 unspecified atom stereocenters. The van der Waals surface area contributed by atoms with E-state index in [1.54, 1.807) is 7.11 Å². The van der Waals surface area contributed by atoms with Gasteiger partial charge in [0.25, 0.3) is 0 Å². The van der Waals surface area contributed by atoms with E-state index in [4.69, 9.17) is 4.74 Å². The van der Waals surface area contributed by atoms with Crippen LogP contribution in [0.4, 0.5) is 0 Å². The molecular weight excluding hydrogens is 188 g/mol. The number of ether oxygens (including phenoxy) is 1. The highest BCUT2D eigenvalue weighted by Crippen LogP contribution is 2.43. The van der Waals surface area contributed by atoms with Crippen LogP contribution in [-0.2, 0) is 9.53 Å². The second-order valence-electron chi connectivity index (χ2n) is 4.89. The maximum atomic E-state index is 12.3. The number of Topliss-reactive ketones (excluding diaryl/α,β-unsaturated/α-hetero) is 1. The van der Waals surface area contributed by atoms with E-state index in [1.165, 1.54) is 12.8 Å². The largest absolute Gasteiger partial charge is 0.385 e. The Labute approximate surface area is 93.4 Å². The van der Waals surface area contributed by atoms with Gasteiger partial charge in [-0.3, -0.25) is 4.79 Å². The lowest BCUT2D eigenvalue weighted by atomic mass is 9.74. The summed E-state index contributed by atoms with van der Waals surface area (Å²) >= 11 is 0. The van der Waals surface area contributed by atoms with Crippen LogP contribution < -0.4 is 0 Å². The summed E-state index contributed by atoms with van der Waals surface area (Å²) in [6, 6.07) is 0. The van der Waals surface area contributed by atoms with Crippen LogP contribution in [-0.4, -0.2) is 19.5 Å². The van der Waals surface area contributed by atoms with Crippen molar-refractivity contribution in [2.45, 2.75) is 52.4 Å². The Balaban J connectivity index is 2.56. The minimum absolute atomic E-state index is 0.0210. The van der Waals surface area contributed by atoms with Crippen LogP contribution in [0, 0.1) is 11.3 Å². The van der Waals surface area contributed by atoms with Crippen LogP contribution in [0.1, 0.15) is 52.4 Å². The topological polar surface area (TPSA) is 26.3 Å². The molecular formula is C13H24O2. The molecule has 0 heterocycles. The lowest BCUT2D eigenvalue weighted by Crippen LogP contribution is -2.32. The number of ketones is 1. The summed E-state index contributed by atoms with van der Waals surface area (Å²) < 4.78 is 5.04. The SMILES string of the molecule is CCC1(C(=O)C(C)CCOC)CCCC1. The molecule has 1 fully saturated rings. The number of hydrogen-bond donors (Lipinski definition) is 0. The third-order valence-electron chi connectivity index (χ3n) is 3.96. The summed E-state index contributed by atoms with van der Waals surface area (Å²) in [6.07, 6.45) is 6.58. The van der Waals surface area contributed by atoms with Crippen molar-refractivity contribution in [1.82, 2.24) is 0 Å².